The third-order valence-corrected chi connectivity index (χ3v) is 4.48. The summed E-state index contributed by atoms with van der Waals surface area (Å²) in [6.45, 7) is 3.87. The second-order valence-corrected chi connectivity index (χ2v) is 5.89. The highest BCUT2D eigenvalue weighted by Gasteiger charge is 2.35. The van der Waals surface area contributed by atoms with Crippen LogP contribution in [0.2, 0.25) is 0 Å². The highest BCUT2D eigenvalue weighted by molar-refractivity contribution is 6.15. The van der Waals surface area contributed by atoms with Crippen LogP contribution in [-0.4, -0.2) is 12.1 Å². The van der Waals surface area contributed by atoms with Crippen LogP contribution in [-0.2, 0) is 9.53 Å². The average molecular weight is 256 g/mol. The zero-order valence-electron chi connectivity index (χ0n) is 11.2. The molecule has 0 amide bonds. The Morgan fingerprint density at radius 1 is 1.05 bits per heavy atom. The quantitative estimate of drug-likeness (QED) is 0.607. The molecule has 2 nitrogen and oxygen atoms in total. The first-order chi connectivity index (χ1) is 9.22. The van der Waals surface area contributed by atoms with Crippen molar-refractivity contribution in [3.63, 3.8) is 0 Å². The maximum Gasteiger partial charge on any atom is 0.338 e. The van der Waals surface area contributed by atoms with Gasteiger partial charge in [0.25, 0.3) is 0 Å². The molecule has 0 saturated heterocycles. The molecule has 3 rings (SSSR count). The lowest BCUT2D eigenvalue weighted by Crippen LogP contribution is -2.26. The molecule has 2 fully saturated rings. The molecule has 2 unspecified atom stereocenters. The van der Waals surface area contributed by atoms with Crippen LogP contribution in [0.25, 0.3) is 5.57 Å². The topological polar surface area (TPSA) is 26.3 Å². The van der Waals surface area contributed by atoms with Crippen molar-refractivity contribution in [1.29, 1.82) is 0 Å². The van der Waals surface area contributed by atoms with E-state index >= 15 is 0 Å². The first-order valence-corrected chi connectivity index (χ1v) is 7.17. The van der Waals surface area contributed by atoms with Gasteiger partial charge in [0.1, 0.15) is 6.10 Å². The molecule has 2 heteroatoms. The van der Waals surface area contributed by atoms with E-state index in [0.29, 0.717) is 5.57 Å². The van der Waals surface area contributed by atoms with E-state index in [0.717, 1.165) is 30.2 Å². The van der Waals surface area contributed by atoms with Gasteiger partial charge in [-0.1, -0.05) is 49.8 Å². The standard InChI is InChI=1S/C17H20O2/c1-12(15-5-3-2-4-6-15)17(18)19-16-10-13-7-8-14(9-13)11-16/h2-6,13-14,16H,1,7-11H2. The van der Waals surface area contributed by atoms with Crippen molar-refractivity contribution >= 4 is 11.5 Å². The molecule has 0 aromatic heterocycles. The number of carbonyl (C=O) groups is 1. The monoisotopic (exact) mass is 256 g/mol. The Labute approximate surface area is 114 Å². The summed E-state index contributed by atoms with van der Waals surface area (Å²) in [5.74, 6) is 1.31. The van der Waals surface area contributed by atoms with Crippen LogP contribution >= 0.6 is 0 Å². The van der Waals surface area contributed by atoms with Crippen molar-refractivity contribution in [2.75, 3.05) is 0 Å². The number of benzene rings is 1. The number of ether oxygens (including phenoxy) is 1. The molecule has 0 N–H and O–H groups in total. The largest absolute Gasteiger partial charge is 0.459 e. The molecule has 2 saturated carbocycles. The van der Waals surface area contributed by atoms with E-state index in [1.807, 2.05) is 30.3 Å². The van der Waals surface area contributed by atoms with Crippen molar-refractivity contribution in [2.24, 2.45) is 11.8 Å². The summed E-state index contributed by atoms with van der Waals surface area (Å²) in [7, 11) is 0. The summed E-state index contributed by atoms with van der Waals surface area (Å²) in [5, 5.41) is 0. The zero-order valence-corrected chi connectivity index (χ0v) is 11.2. The maximum absolute atomic E-state index is 12.1. The van der Waals surface area contributed by atoms with Crippen molar-refractivity contribution in [3.05, 3.63) is 42.5 Å². The fourth-order valence-electron chi connectivity index (χ4n) is 3.52. The Hall–Kier alpha value is -1.57. The average Bonchev–Trinajstić information content (AvgIpc) is 2.78. The summed E-state index contributed by atoms with van der Waals surface area (Å²) in [6, 6.07) is 9.55. The third kappa shape index (κ3) is 2.73. The van der Waals surface area contributed by atoms with Crippen molar-refractivity contribution in [2.45, 2.75) is 38.2 Å². The molecule has 2 atom stereocenters. The van der Waals surface area contributed by atoms with Crippen LogP contribution < -0.4 is 0 Å². The molecule has 2 aliphatic rings. The van der Waals surface area contributed by atoms with Gasteiger partial charge < -0.3 is 4.74 Å². The van der Waals surface area contributed by atoms with Gasteiger partial charge in [-0.15, -0.1) is 0 Å². The molecule has 1 aromatic rings. The Kier molecular flexibility index (Phi) is 3.41. The molecule has 19 heavy (non-hydrogen) atoms. The van der Waals surface area contributed by atoms with Crippen LogP contribution in [0.3, 0.4) is 0 Å². The minimum atomic E-state index is -0.252. The molecule has 2 aliphatic carbocycles. The normalized spacial score (nSPS) is 28.9. The molecular weight excluding hydrogens is 236 g/mol. The smallest absolute Gasteiger partial charge is 0.338 e. The Bertz CT molecular complexity index is 465. The van der Waals surface area contributed by atoms with E-state index in [9.17, 15) is 4.79 Å². The lowest BCUT2D eigenvalue weighted by Gasteiger charge is -2.27. The minimum Gasteiger partial charge on any atom is -0.459 e. The summed E-state index contributed by atoms with van der Waals surface area (Å²) in [5.41, 5.74) is 1.32. The third-order valence-electron chi connectivity index (χ3n) is 4.48. The Morgan fingerprint density at radius 2 is 1.68 bits per heavy atom. The Balaban J connectivity index is 1.61. The van der Waals surface area contributed by atoms with Gasteiger partial charge in [-0.05, 0) is 36.7 Å². The SMILES string of the molecule is C=C(C(=O)OC1CC2CCC(C2)C1)c1ccccc1. The van der Waals surface area contributed by atoms with E-state index < -0.39 is 0 Å². The van der Waals surface area contributed by atoms with E-state index in [-0.39, 0.29) is 12.1 Å². The van der Waals surface area contributed by atoms with Crippen LogP contribution in [0.5, 0.6) is 0 Å². The van der Waals surface area contributed by atoms with Crippen LogP contribution in [0.4, 0.5) is 0 Å². The van der Waals surface area contributed by atoms with Gasteiger partial charge in [0.05, 0.1) is 5.57 Å². The predicted octanol–water partition coefficient (Wildman–Crippen LogP) is 3.82. The van der Waals surface area contributed by atoms with E-state index in [4.69, 9.17) is 4.74 Å². The van der Waals surface area contributed by atoms with Gasteiger partial charge in [-0.2, -0.15) is 0 Å². The Morgan fingerprint density at radius 3 is 2.32 bits per heavy atom. The highest BCUT2D eigenvalue weighted by atomic mass is 16.5. The van der Waals surface area contributed by atoms with Gasteiger partial charge in [0.2, 0.25) is 0 Å². The number of rotatable bonds is 3. The first-order valence-electron chi connectivity index (χ1n) is 7.17. The van der Waals surface area contributed by atoms with E-state index in [1.54, 1.807) is 0 Å². The second kappa shape index (κ2) is 5.20. The minimum absolute atomic E-state index is 0.110. The molecule has 2 bridgehead atoms. The second-order valence-electron chi connectivity index (χ2n) is 5.89. The van der Waals surface area contributed by atoms with Crippen molar-refractivity contribution in [1.82, 2.24) is 0 Å². The summed E-state index contributed by atoms with van der Waals surface area (Å²) in [6.07, 6.45) is 6.18. The maximum atomic E-state index is 12.1. The lowest BCUT2D eigenvalue weighted by atomic mass is 9.87. The van der Waals surface area contributed by atoms with Gasteiger partial charge in [-0.25, -0.2) is 4.79 Å². The van der Waals surface area contributed by atoms with Crippen molar-refractivity contribution in [3.8, 4) is 0 Å². The van der Waals surface area contributed by atoms with Gasteiger partial charge in [0, 0.05) is 0 Å². The number of esters is 1. The first kappa shape index (κ1) is 12.5. The zero-order chi connectivity index (χ0) is 13.2. The van der Waals surface area contributed by atoms with Gasteiger partial charge >= 0.3 is 5.97 Å². The highest BCUT2D eigenvalue weighted by Crippen LogP contribution is 2.43. The fourth-order valence-corrected chi connectivity index (χ4v) is 3.52. The van der Waals surface area contributed by atoms with Gasteiger partial charge in [-0.3, -0.25) is 0 Å². The molecule has 0 spiro atoms. The molecule has 0 aliphatic heterocycles. The van der Waals surface area contributed by atoms with Crippen LogP contribution in [0, 0.1) is 11.8 Å². The molecule has 0 radical (unpaired) electrons. The number of carbonyl (C=O) groups excluding carboxylic acids is 1. The summed E-state index contributed by atoms with van der Waals surface area (Å²) < 4.78 is 5.65. The fraction of sp³-hybridized carbons (Fsp3) is 0.471. The summed E-state index contributed by atoms with van der Waals surface area (Å²) in [4.78, 5) is 12.1. The molecule has 1 aromatic carbocycles. The van der Waals surface area contributed by atoms with Crippen LogP contribution in [0.15, 0.2) is 36.9 Å². The molecule has 0 heterocycles. The molecule has 100 valence electrons. The van der Waals surface area contributed by atoms with E-state index in [2.05, 4.69) is 6.58 Å². The number of hydrogen-bond donors (Lipinski definition) is 0. The van der Waals surface area contributed by atoms with Crippen LogP contribution in [0.1, 0.15) is 37.7 Å². The van der Waals surface area contributed by atoms with E-state index in [1.165, 1.54) is 19.3 Å². The molecular formula is C17H20O2. The van der Waals surface area contributed by atoms with Crippen molar-refractivity contribution < 1.29 is 9.53 Å². The predicted molar refractivity (Wildman–Crippen MR) is 75.4 cm³/mol. The lowest BCUT2D eigenvalue weighted by molar-refractivity contribution is -0.144. The van der Waals surface area contributed by atoms with Gasteiger partial charge in [0.15, 0.2) is 0 Å². The number of hydrogen-bond acceptors (Lipinski definition) is 2. The number of fused-ring (bicyclic) bond motifs is 2. The summed E-state index contributed by atoms with van der Waals surface area (Å²) >= 11 is 0.